The summed E-state index contributed by atoms with van der Waals surface area (Å²) in [5.41, 5.74) is 4.50. The smallest absolute Gasteiger partial charge is 0.156 e. The minimum atomic E-state index is -0.504. The lowest BCUT2D eigenvalue weighted by atomic mass is 9.87. The van der Waals surface area contributed by atoms with Crippen LogP contribution in [-0.2, 0) is 12.1 Å². The van der Waals surface area contributed by atoms with Crippen LogP contribution in [0.1, 0.15) is 23.7 Å². The number of pyridine rings is 1. The summed E-state index contributed by atoms with van der Waals surface area (Å²) in [4.78, 5) is 7.10. The van der Waals surface area contributed by atoms with Crippen LogP contribution in [0.15, 0.2) is 54.6 Å². The monoisotopic (exact) mass is 431 g/mol. The van der Waals surface area contributed by atoms with Gasteiger partial charge in [-0.2, -0.15) is 5.10 Å². The van der Waals surface area contributed by atoms with Crippen LogP contribution in [0.4, 0.5) is 4.39 Å². The average Bonchev–Trinajstić information content (AvgIpc) is 3.17. The van der Waals surface area contributed by atoms with Gasteiger partial charge in [-0.25, -0.2) is 9.37 Å². The van der Waals surface area contributed by atoms with E-state index in [0.29, 0.717) is 23.4 Å². The Morgan fingerprint density at radius 3 is 2.75 bits per heavy atom. The molecule has 0 spiro atoms. The SMILES string of the molecule is Cc1n[nH]c2nc(-c3ccc(O)cc3F)cc(CN3CCNC[C@]3(C)c3ccccc3)c12. The molecule has 0 saturated carbocycles. The fraction of sp³-hybridized carbons (Fsp3) is 0.280. The number of phenolic OH excluding ortho intramolecular Hbond substituents is 1. The summed E-state index contributed by atoms with van der Waals surface area (Å²) in [6.45, 7) is 7.53. The lowest BCUT2D eigenvalue weighted by Gasteiger charge is -2.46. The molecule has 0 radical (unpaired) electrons. The van der Waals surface area contributed by atoms with E-state index in [4.69, 9.17) is 0 Å². The molecule has 2 aromatic carbocycles. The number of benzene rings is 2. The number of hydrogen-bond acceptors (Lipinski definition) is 5. The topological polar surface area (TPSA) is 77.1 Å². The van der Waals surface area contributed by atoms with E-state index >= 15 is 0 Å². The third kappa shape index (κ3) is 3.53. The van der Waals surface area contributed by atoms with Gasteiger partial charge in [0.1, 0.15) is 11.6 Å². The Kier molecular flexibility index (Phi) is 5.15. The molecule has 3 heterocycles. The predicted molar refractivity (Wildman–Crippen MR) is 123 cm³/mol. The van der Waals surface area contributed by atoms with Gasteiger partial charge in [0.05, 0.1) is 16.9 Å². The largest absolute Gasteiger partial charge is 0.508 e. The maximum atomic E-state index is 14.6. The van der Waals surface area contributed by atoms with Crippen molar-refractivity contribution in [2.45, 2.75) is 25.9 Å². The number of hydrogen-bond donors (Lipinski definition) is 3. The van der Waals surface area contributed by atoms with E-state index in [1.54, 1.807) is 6.07 Å². The Balaban J connectivity index is 1.61. The minimum Gasteiger partial charge on any atom is -0.508 e. The van der Waals surface area contributed by atoms with Gasteiger partial charge in [-0.3, -0.25) is 10.00 Å². The Morgan fingerprint density at radius 1 is 1.16 bits per heavy atom. The number of H-pyrrole nitrogens is 1. The molecule has 1 fully saturated rings. The predicted octanol–water partition coefficient (Wildman–Crippen LogP) is 4.10. The highest BCUT2D eigenvalue weighted by Gasteiger charge is 2.36. The van der Waals surface area contributed by atoms with Gasteiger partial charge in [-0.15, -0.1) is 0 Å². The minimum absolute atomic E-state index is 0.107. The van der Waals surface area contributed by atoms with E-state index in [0.717, 1.165) is 42.3 Å². The van der Waals surface area contributed by atoms with Gasteiger partial charge in [0.2, 0.25) is 0 Å². The Morgan fingerprint density at radius 2 is 1.97 bits per heavy atom. The number of piperazine rings is 1. The van der Waals surface area contributed by atoms with Crippen LogP contribution in [-0.4, -0.2) is 44.8 Å². The first-order valence-corrected chi connectivity index (χ1v) is 10.8. The number of aromatic nitrogens is 3. The fourth-order valence-corrected chi connectivity index (χ4v) is 4.70. The molecule has 0 aliphatic carbocycles. The first-order valence-electron chi connectivity index (χ1n) is 10.8. The van der Waals surface area contributed by atoms with Crippen molar-refractivity contribution < 1.29 is 9.50 Å². The molecule has 1 aliphatic heterocycles. The Hall–Kier alpha value is -3.29. The second-order valence-electron chi connectivity index (χ2n) is 8.60. The number of aryl methyl sites for hydroxylation is 1. The molecule has 4 aromatic rings. The Labute approximate surface area is 186 Å². The highest BCUT2D eigenvalue weighted by Crippen LogP contribution is 2.34. The van der Waals surface area contributed by atoms with E-state index in [1.165, 1.54) is 11.6 Å². The molecular formula is C25H26FN5O. The van der Waals surface area contributed by atoms with Crippen LogP contribution < -0.4 is 5.32 Å². The number of halogens is 1. The second kappa shape index (κ2) is 8.00. The van der Waals surface area contributed by atoms with E-state index in [2.05, 4.69) is 56.6 Å². The standard InChI is InChI=1S/C25H26FN5O/c1-16-23-17(14-31-11-10-27-15-25(31,2)18-6-4-3-5-7-18)12-22(28-24(23)30-29-16)20-9-8-19(32)13-21(20)26/h3-9,12-13,27,32H,10-11,14-15H2,1-2H3,(H,28,29,30)/t25-/m1/s1. The lowest BCUT2D eigenvalue weighted by molar-refractivity contribution is 0.0654. The van der Waals surface area contributed by atoms with Gasteiger partial charge < -0.3 is 10.4 Å². The highest BCUT2D eigenvalue weighted by molar-refractivity contribution is 5.84. The number of nitrogens with one attached hydrogen (secondary N) is 2. The summed E-state index contributed by atoms with van der Waals surface area (Å²) < 4.78 is 14.6. The third-order valence-electron chi connectivity index (χ3n) is 6.50. The van der Waals surface area contributed by atoms with Crippen LogP contribution in [0, 0.1) is 12.7 Å². The number of rotatable bonds is 4. The molecule has 0 unspecified atom stereocenters. The van der Waals surface area contributed by atoms with Crippen molar-refractivity contribution in [3.8, 4) is 17.0 Å². The molecule has 7 heteroatoms. The molecule has 0 bridgehead atoms. The summed E-state index contributed by atoms with van der Waals surface area (Å²) >= 11 is 0. The van der Waals surface area contributed by atoms with E-state index in [1.807, 2.05) is 19.1 Å². The van der Waals surface area contributed by atoms with Gasteiger partial charge in [0, 0.05) is 43.2 Å². The van der Waals surface area contributed by atoms with Gasteiger partial charge in [0.15, 0.2) is 5.65 Å². The number of phenols is 1. The zero-order valence-electron chi connectivity index (χ0n) is 18.2. The Bertz CT molecular complexity index is 1270. The first-order chi connectivity index (χ1) is 15.5. The van der Waals surface area contributed by atoms with E-state index < -0.39 is 5.82 Å². The van der Waals surface area contributed by atoms with E-state index in [-0.39, 0.29) is 11.3 Å². The van der Waals surface area contributed by atoms with Crippen LogP contribution in [0.25, 0.3) is 22.3 Å². The van der Waals surface area contributed by atoms with Crippen molar-refractivity contribution in [2.75, 3.05) is 19.6 Å². The van der Waals surface area contributed by atoms with Crippen LogP contribution in [0.5, 0.6) is 5.75 Å². The van der Waals surface area contributed by atoms with E-state index in [9.17, 15) is 9.50 Å². The van der Waals surface area contributed by atoms with Crippen molar-refractivity contribution >= 4 is 11.0 Å². The molecule has 2 aromatic heterocycles. The average molecular weight is 432 g/mol. The maximum absolute atomic E-state index is 14.6. The van der Waals surface area contributed by atoms with Gasteiger partial charge in [0.25, 0.3) is 0 Å². The normalized spacial score (nSPS) is 19.5. The van der Waals surface area contributed by atoms with Crippen LogP contribution >= 0.6 is 0 Å². The number of fused-ring (bicyclic) bond motifs is 1. The van der Waals surface area contributed by atoms with Gasteiger partial charge in [-0.1, -0.05) is 30.3 Å². The van der Waals surface area contributed by atoms with Crippen molar-refractivity contribution in [3.63, 3.8) is 0 Å². The summed E-state index contributed by atoms with van der Waals surface area (Å²) in [7, 11) is 0. The molecule has 1 aliphatic rings. The number of aromatic amines is 1. The summed E-state index contributed by atoms with van der Waals surface area (Å²) in [6.07, 6.45) is 0. The molecule has 6 nitrogen and oxygen atoms in total. The molecule has 1 saturated heterocycles. The first kappa shape index (κ1) is 20.6. The maximum Gasteiger partial charge on any atom is 0.156 e. The van der Waals surface area contributed by atoms with Crippen molar-refractivity contribution in [2.24, 2.45) is 0 Å². The molecule has 5 rings (SSSR count). The van der Waals surface area contributed by atoms with Gasteiger partial charge in [-0.05, 0) is 43.2 Å². The number of aromatic hydroxyl groups is 1. The number of nitrogens with zero attached hydrogens (tertiary/aromatic N) is 3. The second-order valence-corrected chi connectivity index (χ2v) is 8.60. The van der Waals surface area contributed by atoms with Crippen molar-refractivity contribution in [1.82, 2.24) is 25.4 Å². The molecule has 32 heavy (non-hydrogen) atoms. The fourth-order valence-electron chi connectivity index (χ4n) is 4.70. The van der Waals surface area contributed by atoms with Crippen LogP contribution in [0.2, 0.25) is 0 Å². The summed E-state index contributed by atoms with van der Waals surface area (Å²) in [5, 5.41) is 21.5. The van der Waals surface area contributed by atoms with Gasteiger partial charge >= 0.3 is 0 Å². The molecular weight excluding hydrogens is 405 g/mol. The molecule has 1 atom stereocenters. The molecule has 164 valence electrons. The van der Waals surface area contributed by atoms with Crippen molar-refractivity contribution in [3.05, 3.63) is 77.2 Å². The molecule has 3 N–H and O–H groups in total. The quantitative estimate of drug-likeness (QED) is 0.454. The molecule has 0 amide bonds. The lowest BCUT2D eigenvalue weighted by Crippen LogP contribution is -2.56. The summed E-state index contributed by atoms with van der Waals surface area (Å²) in [6, 6.07) is 16.6. The zero-order valence-corrected chi connectivity index (χ0v) is 18.2. The highest BCUT2D eigenvalue weighted by atomic mass is 19.1. The summed E-state index contributed by atoms with van der Waals surface area (Å²) in [5.74, 6) is -0.611. The van der Waals surface area contributed by atoms with Crippen LogP contribution in [0.3, 0.4) is 0 Å². The zero-order chi connectivity index (χ0) is 22.3. The third-order valence-corrected chi connectivity index (χ3v) is 6.50. The van der Waals surface area contributed by atoms with Crippen molar-refractivity contribution in [1.29, 1.82) is 0 Å².